The molecule has 0 aromatic heterocycles. The van der Waals surface area contributed by atoms with Gasteiger partial charge in [-0.1, -0.05) is 0 Å². The third-order valence-electron chi connectivity index (χ3n) is 2.64. The Labute approximate surface area is 100 Å². The average molecular weight is 245 g/mol. The lowest BCUT2D eigenvalue weighted by atomic mass is 10.1. The first-order chi connectivity index (χ1) is 8.11. The van der Waals surface area contributed by atoms with Gasteiger partial charge in [-0.05, 0) is 19.8 Å². The fraction of sp³-hybridized carbons (Fsp3) is 0.818. The van der Waals surface area contributed by atoms with E-state index < -0.39 is 5.97 Å². The van der Waals surface area contributed by atoms with E-state index >= 15 is 0 Å². The minimum Gasteiger partial charge on any atom is -0.480 e. The van der Waals surface area contributed by atoms with E-state index in [4.69, 9.17) is 14.6 Å². The van der Waals surface area contributed by atoms with E-state index in [9.17, 15) is 9.59 Å². The highest BCUT2D eigenvalue weighted by atomic mass is 16.6. The van der Waals surface area contributed by atoms with Gasteiger partial charge in [-0.15, -0.1) is 0 Å². The Morgan fingerprint density at radius 1 is 1.35 bits per heavy atom. The van der Waals surface area contributed by atoms with Crippen LogP contribution in [-0.4, -0.2) is 60.9 Å². The Kier molecular flexibility index (Phi) is 5.93. The molecule has 6 heteroatoms. The van der Waals surface area contributed by atoms with E-state index in [-0.39, 0.29) is 25.2 Å². The van der Waals surface area contributed by atoms with Crippen molar-refractivity contribution in [2.45, 2.75) is 25.9 Å². The van der Waals surface area contributed by atoms with Crippen molar-refractivity contribution < 1.29 is 24.2 Å². The number of carbonyl (C=O) groups excluding carboxylic acids is 1. The Hall–Kier alpha value is -1.14. The Balaban J connectivity index is 2.14. The third kappa shape index (κ3) is 5.65. The third-order valence-corrected chi connectivity index (χ3v) is 2.64. The van der Waals surface area contributed by atoms with Crippen molar-refractivity contribution in [3.8, 4) is 0 Å². The summed E-state index contributed by atoms with van der Waals surface area (Å²) in [4.78, 5) is 23.4. The zero-order chi connectivity index (χ0) is 12.7. The average Bonchev–Trinajstić information content (AvgIpc) is 2.28. The van der Waals surface area contributed by atoms with Crippen molar-refractivity contribution in [1.29, 1.82) is 0 Å². The lowest BCUT2D eigenvalue weighted by Gasteiger charge is -2.30. The first-order valence-corrected chi connectivity index (χ1v) is 5.83. The minimum atomic E-state index is -0.809. The quantitative estimate of drug-likeness (QED) is 0.670. The first-order valence-electron chi connectivity index (χ1n) is 5.83. The number of carbonyl (C=O) groups is 2. The van der Waals surface area contributed by atoms with Gasteiger partial charge in [-0.3, -0.25) is 9.69 Å². The summed E-state index contributed by atoms with van der Waals surface area (Å²) in [5.74, 6) is -1.16. The number of hydrogen-bond donors (Lipinski definition) is 1. The Morgan fingerprint density at radius 2 is 2.00 bits per heavy atom. The number of piperidine rings is 1. The first kappa shape index (κ1) is 13.9. The summed E-state index contributed by atoms with van der Waals surface area (Å²) < 4.78 is 10.2. The predicted octanol–water partition coefficient (Wildman–Crippen LogP) is 0.115. The molecular weight excluding hydrogens is 226 g/mol. The fourth-order valence-corrected chi connectivity index (χ4v) is 1.81. The summed E-state index contributed by atoms with van der Waals surface area (Å²) in [6.45, 7) is 3.56. The van der Waals surface area contributed by atoms with E-state index in [2.05, 4.69) is 0 Å². The highest BCUT2D eigenvalue weighted by molar-refractivity contribution is 5.70. The highest BCUT2D eigenvalue weighted by Gasteiger charge is 2.21. The Bertz CT molecular complexity index is 261. The lowest BCUT2D eigenvalue weighted by Crippen LogP contribution is -2.40. The van der Waals surface area contributed by atoms with Crippen LogP contribution in [-0.2, 0) is 19.1 Å². The van der Waals surface area contributed by atoms with E-state index in [0.717, 1.165) is 12.8 Å². The van der Waals surface area contributed by atoms with Gasteiger partial charge in [-0.2, -0.15) is 0 Å². The number of ether oxygens (including phenoxy) is 2. The monoisotopic (exact) mass is 245 g/mol. The predicted molar refractivity (Wildman–Crippen MR) is 59.7 cm³/mol. The molecule has 1 aliphatic rings. The van der Waals surface area contributed by atoms with Gasteiger partial charge < -0.3 is 14.6 Å². The van der Waals surface area contributed by atoms with Gasteiger partial charge in [0.25, 0.3) is 0 Å². The highest BCUT2D eigenvalue weighted by Crippen LogP contribution is 2.13. The summed E-state index contributed by atoms with van der Waals surface area (Å²) in [7, 11) is 0. The van der Waals surface area contributed by atoms with Crippen LogP contribution in [0.1, 0.15) is 19.8 Å². The maximum Gasteiger partial charge on any atom is 0.332 e. The molecule has 6 nitrogen and oxygen atoms in total. The number of carboxylic acid groups (broad SMARTS) is 1. The molecule has 1 fully saturated rings. The van der Waals surface area contributed by atoms with E-state index in [1.807, 2.05) is 4.90 Å². The molecule has 1 rings (SSSR count). The van der Waals surface area contributed by atoms with Crippen molar-refractivity contribution in [2.75, 3.05) is 32.8 Å². The molecule has 98 valence electrons. The summed E-state index contributed by atoms with van der Waals surface area (Å²) in [6, 6.07) is 0. The van der Waals surface area contributed by atoms with Gasteiger partial charge in [-0.25, -0.2) is 4.79 Å². The topological polar surface area (TPSA) is 76.1 Å². The summed E-state index contributed by atoms with van der Waals surface area (Å²) >= 11 is 0. The second kappa shape index (κ2) is 7.24. The SMILES string of the molecule is CCOC(=O)COC1CCN(CC(=O)O)CC1. The van der Waals surface area contributed by atoms with Crippen molar-refractivity contribution in [1.82, 2.24) is 4.90 Å². The molecule has 0 spiro atoms. The molecule has 0 aromatic carbocycles. The van der Waals surface area contributed by atoms with E-state index in [1.165, 1.54) is 0 Å². The molecule has 17 heavy (non-hydrogen) atoms. The van der Waals surface area contributed by atoms with Gasteiger partial charge >= 0.3 is 11.9 Å². The lowest BCUT2D eigenvalue weighted by molar-refractivity contribution is -0.151. The molecule has 0 unspecified atom stereocenters. The van der Waals surface area contributed by atoms with Crippen molar-refractivity contribution in [3.05, 3.63) is 0 Å². The fourth-order valence-electron chi connectivity index (χ4n) is 1.81. The second-order valence-corrected chi connectivity index (χ2v) is 3.99. The van der Waals surface area contributed by atoms with Crippen LogP contribution in [0.25, 0.3) is 0 Å². The molecule has 0 aromatic rings. The van der Waals surface area contributed by atoms with Crippen LogP contribution in [0, 0.1) is 0 Å². The largest absolute Gasteiger partial charge is 0.480 e. The van der Waals surface area contributed by atoms with E-state index in [1.54, 1.807) is 6.92 Å². The molecule has 0 radical (unpaired) electrons. The summed E-state index contributed by atoms with van der Waals surface area (Å²) in [5.41, 5.74) is 0. The molecule has 1 N–H and O–H groups in total. The van der Waals surface area contributed by atoms with Crippen LogP contribution in [0.2, 0.25) is 0 Å². The smallest absolute Gasteiger partial charge is 0.332 e. The van der Waals surface area contributed by atoms with Crippen LogP contribution in [0.3, 0.4) is 0 Å². The zero-order valence-corrected chi connectivity index (χ0v) is 10.1. The standard InChI is InChI=1S/C11H19NO5/c1-2-16-11(15)8-17-9-3-5-12(6-4-9)7-10(13)14/h9H,2-8H2,1H3,(H,13,14). The zero-order valence-electron chi connectivity index (χ0n) is 10.1. The number of carboxylic acids is 1. The van der Waals surface area contributed by atoms with Crippen LogP contribution in [0.15, 0.2) is 0 Å². The number of nitrogens with zero attached hydrogens (tertiary/aromatic N) is 1. The number of esters is 1. The van der Waals surface area contributed by atoms with Crippen molar-refractivity contribution in [2.24, 2.45) is 0 Å². The normalized spacial score (nSPS) is 17.9. The van der Waals surface area contributed by atoms with Gasteiger partial charge in [0.2, 0.25) is 0 Å². The van der Waals surface area contributed by atoms with Crippen LogP contribution < -0.4 is 0 Å². The van der Waals surface area contributed by atoms with Crippen molar-refractivity contribution >= 4 is 11.9 Å². The molecule has 0 aliphatic carbocycles. The summed E-state index contributed by atoms with van der Waals surface area (Å²) in [6.07, 6.45) is 1.55. The summed E-state index contributed by atoms with van der Waals surface area (Å²) in [5, 5.41) is 8.63. The van der Waals surface area contributed by atoms with Crippen molar-refractivity contribution in [3.63, 3.8) is 0 Å². The van der Waals surface area contributed by atoms with Crippen LogP contribution in [0.4, 0.5) is 0 Å². The minimum absolute atomic E-state index is 0.0164. The number of rotatable bonds is 6. The second-order valence-electron chi connectivity index (χ2n) is 3.99. The van der Waals surface area contributed by atoms with Gasteiger partial charge in [0.1, 0.15) is 6.61 Å². The molecule has 1 saturated heterocycles. The number of hydrogen-bond acceptors (Lipinski definition) is 5. The molecule has 1 aliphatic heterocycles. The van der Waals surface area contributed by atoms with Gasteiger partial charge in [0.05, 0.1) is 19.3 Å². The van der Waals surface area contributed by atoms with E-state index in [0.29, 0.717) is 19.7 Å². The van der Waals surface area contributed by atoms with Gasteiger partial charge in [0, 0.05) is 13.1 Å². The number of aliphatic carboxylic acids is 1. The molecule has 0 atom stereocenters. The molecule has 0 amide bonds. The molecule has 0 bridgehead atoms. The Morgan fingerprint density at radius 3 is 2.53 bits per heavy atom. The number of likely N-dealkylation sites (tertiary alicyclic amines) is 1. The maximum atomic E-state index is 11.1. The van der Waals surface area contributed by atoms with Gasteiger partial charge in [0.15, 0.2) is 0 Å². The molecule has 0 saturated carbocycles. The van der Waals surface area contributed by atoms with Crippen LogP contribution >= 0.6 is 0 Å². The molecular formula is C11H19NO5. The van der Waals surface area contributed by atoms with Crippen LogP contribution in [0.5, 0.6) is 0 Å². The molecule has 1 heterocycles. The maximum absolute atomic E-state index is 11.1.